The van der Waals surface area contributed by atoms with Crippen LogP contribution in [0.1, 0.15) is 0 Å². The molecular formula is C3H5NO6. The fourth-order valence-electron chi connectivity index (χ4n) is 0.203. The van der Waals surface area contributed by atoms with E-state index in [0.29, 0.717) is 0 Å². The van der Waals surface area contributed by atoms with E-state index in [1.807, 2.05) is 0 Å². The summed E-state index contributed by atoms with van der Waals surface area (Å²) in [5.41, 5.74) is -3.26. The summed E-state index contributed by atoms with van der Waals surface area (Å²) in [6, 6.07) is 0. The van der Waals surface area contributed by atoms with E-state index in [1.54, 1.807) is 0 Å². The fourth-order valence-corrected chi connectivity index (χ4v) is 0.203. The Morgan fingerprint density at radius 1 is 1.70 bits per heavy atom. The van der Waals surface area contributed by atoms with Crippen LogP contribution in [0.25, 0.3) is 0 Å². The first-order valence-corrected chi connectivity index (χ1v) is 2.16. The molecule has 58 valence electrons. The number of aliphatic carboxylic acids is 1. The van der Waals surface area contributed by atoms with Crippen molar-refractivity contribution in [3.63, 3.8) is 0 Å². The number of hydrogen-bond donors (Lipinski definition) is 3. The predicted octanol–water partition coefficient (Wildman–Crippen LogP) is -1.97. The standard InChI is InChI=1S/C3H5NO6/c5-1-3(8,2(6)7)4(9)10/h5,8H,1H2,(H,6,7). The van der Waals surface area contributed by atoms with Crippen LogP contribution in [0.2, 0.25) is 0 Å². The Bertz CT molecular complexity index is 150. The summed E-state index contributed by atoms with van der Waals surface area (Å²) in [5, 5.41) is 34.1. The molecule has 0 amide bonds. The zero-order valence-electron chi connectivity index (χ0n) is 4.72. The van der Waals surface area contributed by atoms with E-state index in [1.165, 1.54) is 0 Å². The second-order valence-electron chi connectivity index (χ2n) is 1.54. The lowest BCUT2D eigenvalue weighted by atomic mass is 10.3. The monoisotopic (exact) mass is 151 g/mol. The van der Waals surface area contributed by atoms with Crippen molar-refractivity contribution in [1.82, 2.24) is 0 Å². The summed E-state index contributed by atoms with van der Waals surface area (Å²) in [6.45, 7) is -1.45. The van der Waals surface area contributed by atoms with E-state index in [-0.39, 0.29) is 0 Å². The summed E-state index contributed by atoms with van der Waals surface area (Å²) in [6.07, 6.45) is 0. The summed E-state index contributed by atoms with van der Waals surface area (Å²) >= 11 is 0. The van der Waals surface area contributed by atoms with Gasteiger partial charge in [-0.1, -0.05) is 0 Å². The van der Waals surface area contributed by atoms with Crippen LogP contribution in [-0.2, 0) is 4.79 Å². The van der Waals surface area contributed by atoms with Gasteiger partial charge in [-0.25, -0.2) is 4.79 Å². The third-order valence-corrected chi connectivity index (χ3v) is 0.865. The molecular weight excluding hydrogens is 146 g/mol. The number of carbonyl (C=O) groups is 1. The molecule has 0 aliphatic carbocycles. The second-order valence-corrected chi connectivity index (χ2v) is 1.54. The van der Waals surface area contributed by atoms with Gasteiger partial charge in [-0.3, -0.25) is 10.1 Å². The third kappa shape index (κ3) is 1.20. The Labute approximate surface area is 54.7 Å². The van der Waals surface area contributed by atoms with Gasteiger partial charge in [0.05, 0.1) is 4.92 Å². The number of rotatable bonds is 3. The van der Waals surface area contributed by atoms with E-state index >= 15 is 0 Å². The predicted molar refractivity (Wildman–Crippen MR) is 26.7 cm³/mol. The molecule has 0 radical (unpaired) electrons. The fraction of sp³-hybridized carbons (Fsp3) is 0.667. The van der Waals surface area contributed by atoms with Gasteiger partial charge in [0, 0.05) is 0 Å². The lowest BCUT2D eigenvalue weighted by Gasteiger charge is -2.09. The number of nitro groups is 1. The minimum Gasteiger partial charge on any atom is -0.474 e. The van der Waals surface area contributed by atoms with Crippen LogP contribution in [0, 0.1) is 10.1 Å². The van der Waals surface area contributed by atoms with Gasteiger partial charge in [0.1, 0.15) is 0 Å². The molecule has 0 aromatic carbocycles. The van der Waals surface area contributed by atoms with Crippen molar-refractivity contribution >= 4 is 5.97 Å². The largest absolute Gasteiger partial charge is 0.474 e. The molecule has 0 rings (SSSR count). The van der Waals surface area contributed by atoms with Gasteiger partial charge in [0.25, 0.3) is 0 Å². The highest BCUT2D eigenvalue weighted by molar-refractivity contribution is 5.74. The van der Waals surface area contributed by atoms with Gasteiger partial charge in [-0.15, -0.1) is 0 Å². The van der Waals surface area contributed by atoms with E-state index in [9.17, 15) is 14.9 Å². The Hall–Kier alpha value is -1.21. The van der Waals surface area contributed by atoms with Crippen LogP contribution in [0.3, 0.4) is 0 Å². The molecule has 0 aliphatic rings. The Morgan fingerprint density at radius 3 is 2.10 bits per heavy atom. The van der Waals surface area contributed by atoms with Crippen molar-refractivity contribution in [2.45, 2.75) is 5.72 Å². The molecule has 0 aromatic rings. The summed E-state index contributed by atoms with van der Waals surface area (Å²) in [5.74, 6) is -2.08. The topological polar surface area (TPSA) is 121 Å². The molecule has 0 spiro atoms. The Balaban J connectivity index is 4.55. The number of hydrogen-bond acceptors (Lipinski definition) is 5. The van der Waals surface area contributed by atoms with E-state index in [4.69, 9.17) is 15.3 Å². The zero-order chi connectivity index (χ0) is 8.36. The Kier molecular flexibility index (Phi) is 2.27. The lowest BCUT2D eigenvalue weighted by molar-refractivity contribution is -0.610. The second kappa shape index (κ2) is 2.58. The van der Waals surface area contributed by atoms with Crippen LogP contribution in [0.5, 0.6) is 0 Å². The number of carboxylic acids is 1. The molecule has 1 unspecified atom stereocenters. The average molecular weight is 151 g/mol. The Morgan fingerprint density at radius 2 is 2.10 bits per heavy atom. The maximum atomic E-state index is 9.84. The number of nitrogens with zero attached hydrogens (tertiary/aromatic N) is 1. The van der Waals surface area contributed by atoms with Crippen LogP contribution in [-0.4, -0.2) is 38.5 Å². The maximum absolute atomic E-state index is 9.84. The number of carboxylic acid groups (broad SMARTS) is 1. The average Bonchev–Trinajstić information content (AvgIpc) is 1.85. The SMILES string of the molecule is O=C(O)C(O)(CO)[N+](=O)[O-]. The summed E-state index contributed by atoms with van der Waals surface area (Å²) in [4.78, 5) is 18.1. The van der Waals surface area contributed by atoms with Crippen LogP contribution < -0.4 is 0 Å². The van der Waals surface area contributed by atoms with Crippen LogP contribution >= 0.6 is 0 Å². The summed E-state index contributed by atoms with van der Waals surface area (Å²) in [7, 11) is 0. The highest BCUT2D eigenvalue weighted by atomic mass is 16.7. The number of aliphatic hydroxyl groups excluding tert-OH is 1. The first kappa shape index (κ1) is 8.79. The van der Waals surface area contributed by atoms with Gasteiger partial charge in [-0.2, -0.15) is 0 Å². The molecule has 0 heterocycles. The molecule has 7 heteroatoms. The van der Waals surface area contributed by atoms with Gasteiger partial charge in [0.15, 0.2) is 6.61 Å². The third-order valence-electron chi connectivity index (χ3n) is 0.865. The molecule has 0 bridgehead atoms. The van der Waals surface area contributed by atoms with Crippen molar-refractivity contribution in [3.05, 3.63) is 10.1 Å². The van der Waals surface area contributed by atoms with E-state index < -0.39 is 23.2 Å². The molecule has 0 aliphatic heterocycles. The van der Waals surface area contributed by atoms with Gasteiger partial charge in [-0.05, 0) is 0 Å². The lowest BCUT2D eigenvalue weighted by Crippen LogP contribution is -2.49. The molecule has 7 nitrogen and oxygen atoms in total. The maximum Gasteiger partial charge on any atom is 0.442 e. The highest BCUT2D eigenvalue weighted by Gasteiger charge is 2.49. The van der Waals surface area contributed by atoms with Crippen molar-refractivity contribution in [2.75, 3.05) is 6.61 Å². The van der Waals surface area contributed by atoms with Gasteiger partial charge < -0.3 is 15.3 Å². The first-order chi connectivity index (χ1) is 4.45. The van der Waals surface area contributed by atoms with Crippen LogP contribution in [0.4, 0.5) is 0 Å². The molecule has 10 heavy (non-hydrogen) atoms. The van der Waals surface area contributed by atoms with Crippen molar-refractivity contribution in [1.29, 1.82) is 0 Å². The van der Waals surface area contributed by atoms with Crippen molar-refractivity contribution < 1.29 is 25.0 Å². The van der Waals surface area contributed by atoms with E-state index in [0.717, 1.165) is 0 Å². The molecule has 0 fully saturated rings. The molecule has 0 aromatic heterocycles. The van der Waals surface area contributed by atoms with Crippen molar-refractivity contribution in [2.24, 2.45) is 0 Å². The van der Waals surface area contributed by atoms with Gasteiger partial charge >= 0.3 is 11.7 Å². The van der Waals surface area contributed by atoms with Crippen LogP contribution in [0.15, 0.2) is 0 Å². The van der Waals surface area contributed by atoms with E-state index in [2.05, 4.69) is 0 Å². The van der Waals surface area contributed by atoms with Gasteiger partial charge in [0.2, 0.25) is 0 Å². The number of aliphatic hydroxyl groups is 2. The quantitative estimate of drug-likeness (QED) is 0.244. The minimum atomic E-state index is -3.26. The normalized spacial score (nSPS) is 15.8. The highest BCUT2D eigenvalue weighted by Crippen LogP contribution is 2.02. The summed E-state index contributed by atoms with van der Waals surface area (Å²) < 4.78 is 0. The molecule has 0 saturated carbocycles. The molecule has 3 N–H and O–H groups in total. The first-order valence-electron chi connectivity index (χ1n) is 2.16. The zero-order valence-corrected chi connectivity index (χ0v) is 4.72. The molecule has 1 atom stereocenters. The van der Waals surface area contributed by atoms with Crippen molar-refractivity contribution in [3.8, 4) is 0 Å². The molecule has 0 saturated heterocycles. The minimum absolute atomic E-state index is 1.45. The smallest absolute Gasteiger partial charge is 0.442 e.